The summed E-state index contributed by atoms with van der Waals surface area (Å²) in [5.41, 5.74) is 3.84. The summed E-state index contributed by atoms with van der Waals surface area (Å²) < 4.78 is 4.67. The van der Waals surface area contributed by atoms with Gasteiger partial charge in [-0.05, 0) is 29.8 Å². The van der Waals surface area contributed by atoms with E-state index in [-0.39, 0.29) is 11.9 Å². The van der Waals surface area contributed by atoms with Crippen molar-refractivity contribution in [2.24, 2.45) is 0 Å². The molecular formula is C18H15NO3. The minimum absolute atomic E-state index is 0.0294. The Balaban J connectivity index is 1.99. The number of anilines is 1. The molecule has 1 heterocycles. The number of fused-ring (bicyclic) bond motifs is 1. The van der Waals surface area contributed by atoms with Gasteiger partial charge in [0.25, 0.3) is 5.91 Å². The molecule has 22 heavy (non-hydrogen) atoms. The van der Waals surface area contributed by atoms with E-state index in [1.807, 2.05) is 30.3 Å². The van der Waals surface area contributed by atoms with Crippen LogP contribution in [0.3, 0.4) is 0 Å². The molecule has 4 nitrogen and oxygen atoms in total. The lowest BCUT2D eigenvalue weighted by Gasteiger charge is -2.07. The predicted octanol–water partition coefficient (Wildman–Crippen LogP) is 2.99. The monoisotopic (exact) mass is 293 g/mol. The maximum absolute atomic E-state index is 12.4. The number of methoxy groups -OCH3 is 1. The predicted molar refractivity (Wildman–Crippen MR) is 85.5 cm³/mol. The van der Waals surface area contributed by atoms with Gasteiger partial charge < -0.3 is 9.64 Å². The maximum Gasteiger partial charge on any atom is 0.337 e. The zero-order valence-corrected chi connectivity index (χ0v) is 12.4. The van der Waals surface area contributed by atoms with Crippen molar-refractivity contribution in [2.75, 3.05) is 19.1 Å². The van der Waals surface area contributed by atoms with E-state index in [2.05, 4.69) is 4.74 Å². The Morgan fingerprint density at radius 3 is 2.45 bits per heavy atom. The van der Waals surface area contributed by atoms with Crippen molar-refractivity contribution in [1.82, 2.24) is 0 Å². The fourth-order valence-electron chi connectivity index (χ4n) is 2.54. The second kappa shape index (κ2) is 5.48. The summed E-state index contributed by atoms with van der Waals surface area (Å²) in [7, 11) is 3.12. The molecule has 0 unspecified atom stereocenters. The molecular weight excluding hydrogens is 278 g/mol. The lowest BCUT2D eigenvalue weighted by Crippen LogP contribution is -2.20. The number of benzene rings is 2. The molecule has 0 saturated carbocycles. The van der Waals surface area contributed by atoms with Crippen LogP contribution in [0.5, 0.6) is 0 Å². The minimum atomic E-state index is -0.374. The van der Waals surface area contributed by atoms with Crippen molar-refractivity contribution < 1.29 is 14.3 Å². The number of carbonyl (C=O) groups is 2. The van der Waals surface area contributed by atoms with Gasteiger partial charge >= 0.3 is 5.97 Å². The second-order valence-corrected chi connectivity index (χ2v) is 5.05. The standard InChI is InChI=1S/C18H15NO3/c1-19-16-6-4-3-5-14(16)15(17(19)20)11-12-7-9-13(10-8-12)18(21)22-2/h3-11H,1-2H3. The maximum atomic E-state index is 12.4. The summed E-state index contributed by atoms with van der Waals surface area (Å²) in [5.74, 6) is -0.403. The molecule has 1 aliphatic heterocycles. The topological polar surface area (TPSA) is 46.6 Å². The van der Waals surface area contributed by atoms with E-state index in [4.69, 9.17) is 0 Å². The Bertz CT molecular complexity index is 775. The molecule has 0 radical (unpaired) electrons. The molecule has 2 aromatic carbocycles. The first kappa shape index (κ1) is 14.1. The molecule has 1 aliphatic rings. The number of carbonyl (C=O) groups excluding carboxylic acids is 2. The molecule has 0 aromatic heterocycles. The van der Waals surface area contributed by atoms with Crippen molar-refractivity contribution in [3.63, 3.8) is 0 Å². The lowest BCUT2D eigenvalue weighted by atomic mass is 10.0. The first-order chi connectivity index (χ1) is 10.6. The van der Waals surface area contributed by atoms with Crippen LogP contribution in [0.4, 0.5) is 5.69 Å². The quantitative estimate of drug-likeness (QED) is 0.631. The first-order valence-corrected chi connectivity index (χ1v) is 6.89. The number of likely N-dealkylation sites (N-methyl/N-ethyl adjacent to an activating group) is 1. The minimum Gasteiger partial charge on any atom is -0.465 e. The first-order valence-electron chi connectivity index (χ1n) is 6.89. The molecule has 2 aromatic rings. The van der Waals surface area contributed by atoms with E-state index < -0.39 is 0 Å². The normalized spacial score (nSPS) is 15.1. The summed E-state index contributed by atoms with van der Waals surface area (Å²) >= 11 is 0. The van der Waals surface area contributed by atoms with E-state index >= 15 is 0 Å². The van der Waals surface area contributed by atoms with Gasteiger partial charge in [-0.15, -0.1) is 0 Å². The van der Waals surface area contributed by atoms with Gasteiger partial charge in [0.1, 0.15) is 0 Å². The van der Waals surface area contributed by atoms with Crippen LogP contribution in [0.1, 0.15) is 21.5 Å². The number of amides is 1. The van der Waals surface area contributed by atoms with Crippen LogP contribution in [-0.2, 0) is 9.53 Å². The third kappa shape index (κ3) is 2.29. The Morgan fingerprint density at radius 1 is 1.09 bits per heavy atom. The van der Waals surface area contributed by atoms with E-state index in [9.17, 15) is 9.59 Å². The molecule has 0 bridgehead atoms. The van der Waals surface area contributed by atoms with Crippen LogP contribution in [0, 0.1) is 0 Å². The number of nitrogens with zero attached hydrogens (tertiary/aromatic N) is 1. The summed E-state index contributed by atoms with van der Waals surface area (Å²) in [6.07, 6.45) is 1.84. The second-order valence-electron chi connectivity index (χ2n) is 5.05. The average molecular weight is 293 g/mol. The van der Waals surface area contributed by atoms with Crippen LogP contribution >= 0.6 is 0 Å². The van der Waals surface area contributed by atoms with Crippen molar-refractivity contribution in [1.29, 1.82) is 0 Å². The number of rotatable bonds is 2. The van der Waals surface area contributed by atoms with Crippen LogP contribution in [0.15, 0.2) is 48.5 Å². The van der Waals surface area contributed by atoms with Gasteiger partial charge in [0, 0.05) is 18.2 Å². The molecule has 1 amide bonds. The van der Waals surface area contributed by atoms with Crippen LogP contribution in [-0.4, -0.2) is 26.0 Å². The number of para-hydroxylation sites is 1. The SMILES string of the molecule is COC(=O)c1ccc(C=C2C(=O)N(C)c3ccccc32)cc1. The molecule has 0 saturated heterocycles. The molecule has 0 fully saturated rings. The largest absolute Gasteiger partial charge is 0.465 e. The molecule has 0 aliphatic carbocycles. The van der Waals surface area contributed by atoms with E-state index in [1.165, 1.54) is 7.11 Å². The van der Waals surface area contributed by atoms with Gasteiger partial charge in [-0.2, -0.15) is 0 Å². The van der Waals surface area contributed by atoms with Gasteiger partial charge in [-0.3, -0.25) is 4.79 Å². The Morgan fingerprint density at radius 2 is 1.77 bits per heavy atom. The Kier molecular flexibility index (Phi) is 3.51. The molecule has 4 heteroatoms. The number of esters is 1. The van der Waals surface area contributed by atoms with Crippen molar-refractivity contribution >= 4 is 29.2 Å². The summed E-state index contributed by atoms with van der Waals surface area (Å²) in [5, 5.41) is 0. The molecule has 0 spiro atoms. The fourth-order valence-corrected chi connectivity index (χ4v) is 2.54. The van der Waals surface area contributed by atoms with E-state index in [0.29, 0.717) is 11.1 Å². The highest BCUT2D eigenvalue weighted by Gasteiger charge is 2.28. The van der Waals surface area contributed by atoms with Gasteiger partial charge in [-0.25, -0.2) is 4.79 Å². The van der Waals surface area contributed by atoms with Crippen molar-refractivity contribution in [2.45, 2.75) is 0 Å². The highest BCUT2D eigenvalue weighted by Crippen LogP contribution is 2.36. The highest BCUT2D eigenvalue weighted by molar-refractivity contribution is 6.35. The summed E-state index contributed by atoms with van der Waals surface area (Å²) in [6, 6.07) is 14.7. The van der Waals surface area contributed by atoms with E-state index in [1.54, 1.807) is 36.2 Å². The van der Waals surface area contributed by atoms with Gasteiger partial charge in [0.15, 0.2) is 0 Å². The molecule has 0 N–H and O–H groups in total. The van der Waals surface area contributed by atoms with Crippen LogP contribution in [0.25, 0.3) is 11.6 Å². The highest BCUT2D eigenvalue weighted by atomic mass is 16.5. The average Bonchev–Trinajstić information content (AvgIpc) is 2.80. The zero-order valence-electron chi connectivity index (χ0n) is 12.4. The Hall–Kier alpha value is -2.88. The van der Waals surface area contributed by atoms with Gasteiger partial charge in [0.2, 0.25) is 0 Å². The smallest absolute Gasteiger partial charge is 0.337 e. The zero-order chi connectivity index (χ0) is 15.7. The molecule has 0 atom stereocenters. The van der Waals surface area contributed by atoms with Gasteiger partial charge in [-0.1, -0.05) is 30.3 Å². The Labute approximate surface area is 128 Å². The van der Waals surface area contributed by atoms with Gasteiger partial charge in [0.05, 0.1) is 18.4 Å². The van der Waals surface area contributed by atoms with Crippen molar-refractivity contribution in [3.05, 3.63) is 65.2 Å². The third-order valence-electron chi connectivity index (χ3n) is 3.73. The van der Waals surface area contributed by atoms with Crippen LogP contribution in [0.2, 0.25) is 0 Å². The molecule has 110 valence electrons. The fraction of sp³-hybridized carbons (Fsp3) is 0.111. The number of hydrogen-bond donors (Lipinski definition) is 0. The number of hydrogen-bond acceptors (Lipinski definition) is 3. The third-order valence-corrected chi connectivity index (χ3v) is 3.73. The lowest BCUT2D eigenvalue weighted by molar-refractivity contribution is -0.112. The van der Waals surface area contributed by atoms with Crippen LogP contribution < -0.4 is 4.90 Å². The summed E-state index contributed by atoms with van der Waals surface area (Å²) in [4.78, 5) is 25.4. The number of ether oxygens (including phenoxy) is 1. The molecule has 3 rings (SSSR count). The van der Waals surface area contributed by atoms with Crippen molar-refractivity contribution in [3.8, 4) is 0 Å². The van der Waals surface area contributed by atoms with E-state index in [0.717, 1.165) is 16.8 Å². The summed E-state index contributed by atoms with van der Waals surface area (Å²) in [6.45, 7) is 0.